The number of nitrogens with zero attached hydrogens (tertiary/aromatic N) is 2. The lowest BCUT2D eigenvalue weighted by Crippen LogP contribution is -2.15. The van der Waals surface area contributed by atoms with Crippen LogP contribution in [-0.4, -0.2) is 9.97 Å². The molecule has 1 aliphatic rings. The van der Waals surface area contributed by atoms with E-state index in [1.54, 1.807) is 0 Å². The number of aromatic nitrogens is 2. The lowest BCUT2D eigenvalue weighted by Gasteiger charge is -2.22. The summed E-state index contributed by atoms with van der Waals surface area (Å²) in [6, 6.07) is 69.5. The van der Waals surface area contributed by atoms with Gasteiger partial charge >= 0.3 is 0 Å². The van der Waals surface area contributed by atoms with Crippen molar-refractivity contribution < 1.29 is 0 Å². The fourth-order valence-corrected chi connectivity index (χ4v) is 8.32. The predicted octanol–water partition coefficient (Wildman–Crippen LogP) is 13.9. The molecule has 2 nitrogen and oxygen atoms in total. The normalized spacial score (nSPS) is 12.7. The maximum Gasteiger partial charge on any atom is 0.160 e. The smallest absolute Gasteiger partial charge is 0.160 e. The molecule has 0 bridgehead atoms. The Labute approximate surface area is 322 Å². The van der Waals surface area contributed by atoms with E-state index in [2.05, 4.69) is 196 Å². The van der Waals surface area contributed by atoms with Gasteiger partial charge < -0.3 is 0 Å². The summed E-state index contributed by atoms with van der Waals surface area (Å²) in [4.78, 5) is 10.2. The van der Waals surface area contributed by atoms with Gasteiger partial charge in [0.15, 0.2) is 5.82 Å². The Morgan fingerprint density at radius 3 is 1.55 bits per heavy atom. The van der Waals surface area contributed by atoms with E-state index in [1.807, 2.05) is 12.1 Å². The maximum absolute atomic E-state index is 5.12. The zero-order valence-electron chi connectivity index (χ0n) is 30.9. The lowest BCUT2D eigenvalue weighted by atomic mass is 9.81. The van der Waals surface area contributed by atoms with Gasteiger partial charge in [0, 0.05) is 22.1 Å². The number of hydrogen-bond donors (Lipinski definition) is 0. The lowest BCUT2D eigenvalue weighted by molar-refractivity contribution is 0.661. The summed E-state index contributed by atoms with van der Waals surface area (Å²) in [6.45, 7) is 4.72. The molecule has 0 aliphatic heterocycles. The Morgan fingerprint density at radius 1 is 0.345 bits per heavy atom. The van der Waals surface area contributed by atoms with E-state index in [-0.39, 0.29) is 5.41 Å². The highest BCUT2D eigenvalue weighted by molar-refractivity contribution is 6.02. The zero-order valence-corrected chi connectivity index (χ0v) is 30.9. The van der Waals surface area contributed by atoms with Gasteiger partial charge in [-0.2, -0.15) is 0 Å². The molecule has 0 saturated heterocycles. The van der Waals surface area contributed by atoms with Crippen molar-refractivity contribution in [3.8, 4) is 78.4 Å². The molecule has 2 heteroatoms. The Balaban J connectivity index is 0.976. The molecule has 0 saturated carbocycles. The minimum absolute atomic E-state index is 0.0798. The van der Waals surface area contributed by atoms with E-state index in [1.165, 1.54) is 60.8 Å². The van der Waals surface area contributed by atoms with Crippen LogP contribution in [0.3, 0.4) is 0 Å². The van der Waals surface area contributed by atoms with E-state index in [0.717, 1.165) is 33.6 Å². The summed E-state index contributed by atoms with van der Waals surface area (Å²) in [5, 5.41) is 2.62. The van der Waals surface area contributed by atoms with Crippen molar-refractivity contribution in [1.29, 1.82) is 0 Å². The van der Waals surface area contributed by atoms with Gasteiger partial charge in [-0.25, -0.2) is 9.97 Å². The third kappa shape index (κ3) is 5.84. The Morgan fingerprint density at radius 2 is 0.836 bits per heavy atom. The molecule has 260 valence electrons. The molecule has 1 aromatic heterocycles. The van der Waals surface area contributed by atoms with E-state index in [0.29, 0.717) is 5.82 Å². The van der Waals surface area contributed by atoms with Crippen LogP contribution in [-0.2, 0) is 5.41 Å². The summed E-state index contributed by atoms with van der Waals surface area (Å²) >= 11 is 0. The SMILES string of the molecule is CC1(C)c2cc(-c3cccc(-c4ccc(-c5nc(-c6ccccc6)cc(-c6ccc(-c7ccccc7)cc6)n5)cc4)c3)ccc2-c2c1ccc1ccccc21. The van der Waals surface area contributed by atoms with E-state index in [4.69, 9.17) is 9.97 Å². The summed E-state index contributed by atoms with van der Waals surface area (Å²) in [5.41, 5.74) is 17.5. The highest BCUT2D eigenvalue weighted by atomic mass is 14.9. The summed E-state index contributed by atoms with van der Waals surface area (Å²) in [7, 11) is 0. The van der Waals surface area contributed by atoms with Crippen molar-refractivity contribution in [2.45, 2.75) is 19.3 Å². The second kappa shape index (κ2) is 13.2. The number of rotatable bonds is 6. The van der Waals surface area contributed by atoms with Crippen LogP contribution in [0.2, 0.25) is 0 Å². The van der Waals surface area contributed by atoms with E-state index in [9.17, 15) is 0 Å². The van der Waals surface area contributed by atoms with Gasteiger partial charge in [-0.05, 0) is 84.6 Å². The molecule has 0 spiro atoms. The highest BCUT2D eigenvalue weighted by Gasteiger charge is 2.36. The van der Waals surface area contributed by atoms with E-state index >= 15 is 0 Å². The molecule has 9 aromatic rings. The topological polar surface area (TPSA) is 25.8 Å². The van der Waals surface area contributed by atoms with Crippen molar-refractivity contribution in [3.63, 3.8) is 0 Å². The molecule has 10 rings (SSSR count). The van der Waals surface area contributed by atoms with Crippen LogP contribution >= 0.6 is 0 Å². The Bertz CT molecular complexity index is 2850. The van der Waals surface area contributed by atoms with Crippen LogP contribution in [0, 0.1) is 0 Å². The first-order valence-corrected chi connectivity index (χ1v) is 19.0. The van der Waals surface area contributed by atoms with Crippen LogP contribution < -0.4 is 0 Å². The molecular formula is C53H38N2. The van der Waals surface area contributed by atoms with Crippen molar-refractivity contribution in [2.75, 3.05) is 0 Å². The van der Waals surface area contributed by atoms with Crippen LogP contribution in [0.25, 0.3) is 89.2 Å². The first-order valence-electron chi connectivity index (χ1n) is 19.0. The standard InChI is InChI=1S/C53H38N2/c1-53(2)47-31-29-38-14-9-10-19-45(38)51(47)46-30-28-44(33-48(46)53)43-18-11-17-42(32-43)37-22-26-41(27-23-37)52-54-49(39-15-7-4-8-16-39)34-50(55-52)40-24-20-36(21-25-40)35-12-5-3-6-13-35/h3-34H,1-2H3. The van der Waals surface area contributed by atoms with Crippen molar-refractivity contribution in [3.05, 3.63) is 205 Å². The minimum Gasteiger partial charge on any atom is -0.228 e. The van der Waals surface area contributed by atoms with Gasteiger partial charge in [0.2, 0.25) is 0 Å². The highest BCUT2D eigenvalue weighted by Crippen LogP contribution is 2.52. The van der Waals surface area contributed by atoms with Gasteiger partial charge in [0.05, 0.1) is 11.4 Å². The largest absolute Gasteiger partial charge is 0.228 e. The van der Waals surface area contributed by atoms with Gasteiger partial charge in [0.25, 0.3) is 0 Å². The minimum atomic E-state index is -0.0798. The molecule has 0 N–H and O–H groups in total. The van der Waals surface area contributed by atoms with E-state index < -0.39 is 0 Å². The van der Waals surface area contributed by atoms with Crippen molar-refractivity contribution in [2.24, 2.45) is 0 Å². The number of benzene rings is 8. The summed E-state index contributed by atoms with van der Waals surface area (Å²) in [6.07, 6.45) is 0. The molecule has 1 aliphatic carbocycles. The van der Waals surface area contributed by atoms with Crippen LogP contribution in [0.1, 0.15) is 25.0 Å². The molecule has 0 radical (unpaired) electrons. The van der Waals surface area contributed by atoms with Crippen molar-refractivity contribution >= 4 is 10.8 Å². The fraction of sp³-hybridized carbons (Fsp3) is 0.0566. The molecular weight excluding hydrogens is 665 g/mol. The second-order valence-corrected chi connectivity index (χ2v) is 15.0. The van der Waals surface area contributed by atoms with Gasteiger partial charge in [-0.15, -0.1) is 0 Å². The molecule has 0 atom stereocenters. The van der Waals surface area contributed by atoms with Crippen LogP contribution in [0.15, 0.2) is 194 Å². The van der Waals surface area contributed by atoms with Gasteiger partial charge in [0.1, 0.15) is 0 Å². The molecule has 0 fully saturated rings. The Hall–Kier alpha value is -6.90. The molecule has 0 amide bonds. The van der Waals surface area contributed by atoms with Gasteiger partial charge in [-0.3, -0.25) is 0 Å². The molecule has 1 heterocycles. The first kappa shape index (κ1) is 32.7. The summed E-state index contributed by atoms with van der Waals surface area (Å²) < 4.78 is 0. The first-order chi connectivity index (χ1) is 27.0. The quantitative estimate of drug-likeness (QED) is 0.172. The van der Waals surface area contributed by atoms with Gasteiger partial charge in [-0.1, -0.05) is 190 Å². The Kier molecular flexibility index (Phi) is 7.85. The average molecular weight is 703 g/mol. The van der Waals surface area contributed by atoms with Crippen molar-refractivity contribution in [1.82, 2.24) is 9.97 Å². The number of fused-ring (bicyclic) bond motifs is 5. The van der Waals surface area contributed by atoms with Crippen LogP contribution in [0.4, 0.5) is 0 Å². The van der Waals surface area contributed by atoms with Crippen LogP contribution in [0.5, 0.6) is 0 Å². The second-order valence-electron chi connectivity index (χ2n) is 15.0. The molecule has 8 aromatic carbocycles. The predicted molar refractivity (Wildman–Crippen MR) is 230 cm³/mol. The average Bonchev–Trinajstić information content (AvgIpc) is 3.49. The summed E-state index contributed by atoms with van der Waals surface area (Å²) in [5.74, 6) is 0.707. The third-order valence-corrected chi connectivity index (χ3v) is 11.3. The third-order valence-electron chi connectivity index (χ3n) is 11.3. The maximum atomic E-state index is 5.12. The fourth-order valence-electron chi connectivity index (χ4n) is 8.32. The molecule has 0 unspecified atom stereocenters. The zero-order chi connectivity index (χ0) is 36.9. The molecule has 55 heavy (non-hydrogen) atoms. The monoisotopic (exact) mass is 702 g/mol. The number of hydrogen-bond acceptors (Lipinski definition) is 2.